The number of ketones is 1. The third-order valence-corrected chi connectivity index (χ3v) is 6.00. The summed E-state index contributed by atoms with van der Waals surface area (Å²) in [6, 6.07) is 16.6. The van der Waals surface area contributed by atoms with Gasteiger partial charge in [-0.2, -0.15) is 13.2 Å². The molecule has 2 heterocycles. The maximum absolute atomic E-state index is 13.8. The number of pyridine rings is 1. The van der Waals surface area contributed by atoms with Gasteiger partial charge in [0.2, 0.25) is 5.78 Å². The maximum Gasteiger partial charge on any atom is 0.417 e. The highest BCUT2D eigenvalue weighted by Crippen LogP contribution is 2.44. The Labute approximate surface area is 175 Å². The highest BCUT2D eigenvalue weighted by atomic mass is 32.1. The number of nitrogen functional groups attached to an aromatic ring is 1. The molecule has 0 spiro atoms. The molecule has 2 aromatic carbocycles. The quantitative estimate of drug-likeness (QED) is 0.387. The summed E-state index contributed by atoms with van der Waals surface area (Å²) in [5.41, 5.74) is 7.17. The van der Waals surface area contributed by atoms with Gasteiger partial charge in [0, 0.05) is 16.5 Å². The van der Waals surface area contributed by atoms with Crippen molar-refractivity contribution in [2.45, 2.75) is 19.5 Å². The Balaban J connectivity index is 1.91. The Hall–Kier alpha value is -3.19. The smallest absolute Gasteiger partial charge is 0.397 e. The zero-order valence-corrected chi connectivity index (χ0v) is 16.8. The van der Waals surface area contributed by atoms with Crippen molar-refractivity contribution in [2.24, 2.45) is 0 Å². The number of nitrogens with two attached hydrogens (primary N) is 1. The molecular weight excluding hydrogens is 409 g/mol. The fourth-order valence-corrected chi connectivity index (χ4v) is 4.37. The van der Waals surface area contributed by atoms with Crippen LogP contribution in [-0.4, -0.2) is 10.8 Å². The van der Waals surface area contributed by atoms with Crippen LogP contribution in [0.1, 0.15) is 33.3 Å². The number of alkyl halides is 3. The van der Waals surface area contributed by atoms with Crippen molar-refractivity contribution in [1.82, 2.24) is 4.98 Å². The largest absolute Gasteiger partial charge is 0.417 e. The van der Waals surface area contributed by atoms with Crippen LogP contribution in [0.4, 0.5) is 18.9 Å². The Kier molecular flexibility index (Phi) is 5.07. The van der Waals surface area contributed by atoms with E-state index in [4.69, 9.17) is 5.73 Å². The van der Waals surface area contributed by atoms with Crippen molar-refractivity contribution in [3.8, 4) is 11.3 Å². The SMILES string of the molecule is CCc1ccc(C(=O)c2sc3nc(-c4ccccc4)cc(C(F)(F)F)c3c2N)cc1. The average Bonchev–Trinajstić information content (AvgIpc) is 3.09. The molecule has 0 atom stereocenters. The van der Waals surface area contributed by atoms with Crippen molar-refractivity contribution >= 4 is 33.0 Å². The normalized spacial score (nSPS) is 11.7. The number of hydrogen-bond donors (Lipinski definition) is 1. The third-order valence-electron chi connectivity index (χ3n) is 4.90. The summed E-state index contributed by atoms with van der Waals surface area (Å²) in [5.74, 6) is -0.410. The van der Waals surface area contributed by atoms with Crippen LogP contribution < -0.4 is 5.73 Å². The number of rotatable bonds is 4. The van der Waals surface area contributed by atoms with E-state index in [1.165, 1.54) is 0 Å². The van der Waals surface area contributed by atoms with Gasteiger partial charge in [-0.05, 0) is 18.1 Å². The number of hydrogen-bond acceptors (Lipinski definition) is 4. The minimum Gasteiger partial charge on any atom is -0.397 e. The van der Waals surface area contributed by atoms with Gasteiger partial charge in [-0.1, -0.05) is 61.5 Å². The second-order valence-electron chi connectivity index (χ2n) is 6.82. The summed E-state index contributed by atoms with van der Waals surface area (Å²) in [6.45, 7) is 2.00. The highest BCUT2D eigenvalue weighted by molar-refractivity contribution is 7.21. The molecule has 2 N–H and O–H groups in total. The lowest BCUT2D eigenvalue weighted by atomic mass is 10.0. The molecule has 30 heavy (non-hydrogen) atoms. The number of carbonyl (C=O) groups is 1. The first-order chi connectivity index (χ1) is 14.3. The topological polar surface area (TPSA) is 56.0 Å². The fraction of sp³-hybridized carbons (Fsp3) is 0.130. The Morgan fingerprint density at radius 3 is 2.33 bits per heavy atom. The summed E-state index contributed by atoms with van der Waals surface area (Å²) in [6.07, 6.45) is -3.82. The number of nitrogens with zero attached hydrogens (tertiary/aromatic N) is 1. The van der Waals surface area contributed by atoms with Gasteiger partial charge < -0.3 is 5.73 Å². The molecule has 4 rings (SSSR count). The second-order valence-corrected chi connectivity index (χ2v) is 7.82. The van der Waals surface area contributed by atoms with Crippen LogP contribution in [0.5, 0.6) is 0 Å². The maximum atomic E-state index is 13.8. The molecule has 4 aromatic rings. The first-order valence-corrected chi connectivity index (χ1v) is 10.1. The number of fused-ring (bicyclic) bond motifs is 1. The number of thiophene rings is 1. The second kappa shape index (κ2) is 7.57. The van der Waals surface area contributed by atoms with E-state index < -0.39 is 17.5 Å². The average molecular weight is 426 g/mol. The summed E-state index contributed by atoms with van der Waals surface area (Å²) in [4.78, 5) is 17.5. The number of aromatic nitrogens is 1. The molecule has 2 aromatic heterocycles. The van der Waals surface area contributed by atoms with Crippen molar-refractivity contribution in [3.05, 3.63) is 82.2 Å². The molecule has 0 fully saturated rings. The molecule has 0 saturated heterocycles. The van der Waals surface area contributed by atoms with E-state index in [9.17, 15) is 18.0 Å². The summed E-state index contributed by atoms with van der Waals surface area (Å²) in [7, 11) is 0. The minimum atomic E-state index is -4.64. The number of benzene rings is 2. The van der Waals surface area contributed by atoms with Gasteiger partial charge in [-0.25, -0.2) is 4.98 Å². The highest BCUT2D eigenvalue weighted by Gasteiger charge is 2.36. The Bertz CT molecular complexity index is 1230. The first-order valence-electron chi connectivity index (χ1n) is 9.29. The van der Waals surface area contributed by atoms with E-state index in [0.717, 1.165) is 29.4 Å². The zero-order valence-electron chi connectivity index (χ0n) is 16.0. The van der Waals surface area contributed by atoms with Crippen molar-refractivity contribution < 1.29 is 18.0 Å². The van der Waals surface area contributed by atoms with Crippen LogP contribution in [0.25, 0.3) is 21.5 Å². The number of halogens is 3. The Morgan fingerprint density at radius 1 is 1.07 bits per heavy atom. The van der Waals surface area contributed by atoms with E-state index in [0.29, 0.717) is 11.1 Å². The number of aryl methyl sites for hydroxylation is 1. The molecule has 0 unspecified atom stereocenters. The molecule has 0 radical (unpaired) electrons. The fourth-order valence-electron chi connectivity index (χ4n) is 3.29. The molecule has 0 bridgehead atoms. The number of carbonyl (C=O) groups excluding carboxylic acids is 1. The van der Waals surface area contributed by atoms with E-state index in [-0.39, 0.29) is 26.5 Å². The van der Waals surface area contributed by atoms with Crippen LogP contribution in [-0.2, 0) is 12.6 Å². The third kappa shape index (κ3) is 3.57. The molecule has 152 valence electrons. The molecule has 0 saturated carbocycles. The van der Waals surface area contributed by atoms with E-state index in [1.807, 2.05) is 19.1 Å². The standard InChI is InChI=1S/C23H17F3N2OS/c1-2-13-8-10-15(11-9-13)20(29)21-19(27)18-16(23(24,25)26)12-17(28-22(18)30-21)14-6-4-3-5-7-14/h3-12H,2,27H2,1H3. The van der Waals surface area contributed by atoms with Gasteiger partial charge in [0.15, 0.2) is 0 Å². The van der Waals surface area contributed by atoms with E-state index in [2.05, 4.69) is 4.98 Å². The van der Waals surface area contributed by atoms with Crippen molar-refractivity contribution in [3.63, 3.8) is 0 Å². The van der Waals surface area contributed by atoms with Gasteiger partial charge in [0.1, 0.15) is 9.71 Å². The molecule has 0 amide bonds. The van der Waals surface area contributed by atoms with Crippen LogP contribution in [0.3, 0.4) is 0 Å². The predicted octanol–water partition coefficient (Wildman–Crippen LogP) is 6.36. The van der Waals surface area contributed by atoms with Crippen LogP contribution in [0, 0.1) is 0 Å². The molecule has 0 aliphatic heterocycles. The van der Waals surface area contributed by atoms with Crippen LogP contribution >= 0.6 is 11.3 Å². The van der Waals surface area contributed by atoms with Crippen molar-refractivity contribution in [2.75, 3.05) is 5.73 Å². The van der Waals surface area contributed by atoms with Gasteiger partial charge in [-0.3, -0.25) is 4.79 Å². The zero-order chi connectivity index (χ0) is 21.5. The van der Waals surface area contributed by atoms with Gasteiger partial charge in [0.25, 0.3) is 0 Å². The monoisotopic (exact) mass is 426 g/mol. The molecule has 0 aliphatic carbocycles. The predicted molar refractivity (Wildman–Crippen MR) is 114 cm³/mol. The minimum absolute atomic E-state index is 0.0671. The molecular formula is C23H17F3N2OS. The number of anilines is 1. The van der Waals surface area contributed by atoms with Gasteiger partial charge >= 0.3 is 6.18 Å². The lowest BCUT2D eigenvalue weighted by Crippen LogP contribution is -2.08. The van der Waals surface area contributed by atoms with E-state index in [1.54, 1.807) is 42.5 Å². The lowest BCUT2D eigenvalue weighted by Gasteiger charge is -2.11. The lowest BCUT2D eigenvalue weighted by molar-refractivity contribution is -0.136. The summed E-state index contributed by atoms with van der Waals surface area (Å²) < 4.78 is 41.5. The Morgan fingerprint density at radius 2 is 1.73 bits per heavy atom. The van der Waals surface area contributed by atoms with Crippen LogP contribution in [0.15, 0.2) is 60.7 Å². The van der Waals surface area contributed by atoms with Gasteiger partial charge in [-0.15, -0.1) is 11.3 Å². The first kappa shape index (κ1) is 20.1. The van der Waals surface area contributed by atoms with Crippen molar-refractivity contribution in [1.29, 1.82) is 0 Å². The molecule has 3 nitrogen and oxygen atoms in total. The van der Waals surface area contributed by atoms with Gasteiger partial charge in [0.05, 0.1) is 16.9 Å². The molecule has 7 heteroatoms. The van der Waals surface area contributed by atoms with Crippen LogP contribution in [0.2, 0.25) is 0 Å². The summed E-state index contributed by atoms with van der Waals surface area (Å²) >= 11 is 0.890. The molecule has 0 aliphatic rings. The van der Waals surface area contributed by atoms with E-state index >= 15 is 0 Å². The summed E-state index contributed by atoms with van der Waals surface area (Å²) in [5, 5.41) is -0.222.